The van der Waals surface area contributed by atoms with Crippen LogP contribution >= 0.6 is 15.9 Å². The van der Waals surface area contributed by atoms with Crippen molar-refractivity contribution in [2.75, 3.05) is 13.7 Å². The number of nitrogens with zero attached hydrogens (tertiary/aromatic N) is 1. The predicted molar refractivity (Wildman–Crippen MR) is 107 cm³/mol. The molecule has 1 unspecified atom stereocenters. The predicted octanol–water partition coefficient (Wildman–Crippen LogP) is 4.03. The normalized spacial score (nSPS) is 17.6. The number of carbonyl (C=O) groups excluding carboxylic acids is 1. The van der Waals surface area contributed by atoms with Gasteiger partial charge in [-0.2, -0.15) is 4.31 Å². The van der Waals surface area contributed by atoms with E-state index in [9.17, 15) is 13.2 Å². The van der Waals surface area contributed by atoms with Crippen molar-refractivity contribution in [1.82, 2.24) is 4.31 Å². The molecule has 0 spiro atoms. The van der Waals surface area contributed by atoms with Crippen LogP contribution in [-0.2, 0) is 26.1 Å². The van der Waals surface area contributed by atoms with E-state index < -0.39 is 21.9 Å². The van der Waals surface area contributed by atoms with Crippen LogP contribution in [0.15, 0.2) is 51.8 Å². The Bertz CT molecular complexity index is 972. The van der Waals surface area contributed by atoms with E-state index in [0.29, 0.717) is 0 Å². The molecule has 1 aliphatic rings. The lowest BCUT2D eigenvalue weighted by Crippen LogP contribution is -2.40. The Labute approximate surface area is 168 Å². The topological polar surface area (TPSA) is 63.7 Å². The average molecular weight is 452 g/mol. The molecule has 0 bridgehead atoms. The number of rotatable bonds is 4. The van der Waals surface area contributed by atoms with Gasteiger partial charge in [-0.3, -0.25) is 4.79 Å². The zero-order valence-corrected chi connectivity index (χ0v) is 17.9. The molecule has 0 fully saturated rings. The summed E-state index contributed by atoms with van der Waals surface area (Å²) in [6.07, 6.45) is 0. The molecule has 0 saturated carbocycles. The highest BCUT2D eigenvalue weighted by molar-refractivity contribution is 9.10. The lowest BCUT2D eigenvalue weighted by Gasteiger charge is -2.32. The van der Waals surface area contributed by atoms with Crippen LogP contribution in [0.4, 0.5) is 0 Å². The third-order valence-electron chi connectivity index (χ3n) is 4.88. The van der Waals surface area contributed by atoms with Crippen molar-refractivity contribution < 1.29 is 17.9 Å². The first-order valence-corrected chi connectivity index (χ1v) is 10.9. The van der Waals surface area contributed by atoms with Crippen LogP contribution in [0.1, 0.15) is 42.4 Å². The van der Waals surface area contributed by atoms with Crippen LogP contribution in [0.5, 0.6) is 0 Å². The summed E-state index contributed by atoms with van der Waals surface area (Å²) in [6.45, 7) is 4.33. The minimum absolute atomic E-state index is 0.0685. The van der Waals surface area contributed by atoms with Crippen LogP contribution < -0.4 is 0 Å². The van der Waals surface area contributed by atoms with E-state index in [4.69, 9.17) is 4.74 Å². The largest absolute Gasteiger partial charge is 0.469 e. The van der Waals surface area contributed by atoms with Crippen molar-refractivity contribution in [2.45, 2.75) is 37.1 Å². The molecule has 1 heterocycles. The van der Waals surface area contributed by atoms with Gasteiger partial charge in [0.15, 0.2) is 0 Å². The van der Waals surface area contributed by atoms with Gasteiger partial charge in [0, 0.05) is 17.6 Å². The Morgan fingerprint density at radius 2 is 1.93 bits per heavy atom. The van der Waals surface area contributed by atoms with E-state index in [1.165, 1.54) is 11.4 Å². The first-order chi connectivity index (χ1) is 12.8. The second-order valence-electron chi connectivity index (χ2n) is 6.91. The van der Waals surface area contributed by atoms with Crippen molar-refractivity contribution in [3.63, 3.8) is 0 Å². The van der Waals surface area contributed by atoms with Gasteiger partial charge in [0.25, 0.3) is 0 Å². The number of ether oxygens (including phenoxy) is 1. The summed E-state index contributed by atoms with van der Waals surface area (Å²) >= 11 is 3.48. The third kappa shape index (κ3) is 3.81. The quantitative estimate of drug-likeness (QED) is 0.658. The fourth-order valence-electron chi connectivity index (χ4n) is 3.38. The van der Waals surface area contributed by atoms with Crippen LogP contribution in [0.2, 0.25) is 0 Å². The van der Waals surface area contributed by atoms with E-state index in [1.807, 2.05) is 38.1 Å². The number of fused-ring (bicyclic) bond motifs is 1. The van der Waals surface area contributed by atoms with Crippen LogP contribution in [0.3, 0.4) is 0 Å². The fraction of sp³-hybridized carbons (Fsp3) is 0.350. The van der Waals surface area contributed by atoms with Crippen molar-refractivity contribution in [3.05, 3.63) is 63.6 Å². The van der Waals surface area contributed by atoms with Crippen LogP contribution in [0.25, 0.3) is 0 Å². The lowest BCUT2D eigenvalue weighted by molar-refractivity contribution is -0.142. The van der Waals surface area contributed by atoms with Gasteiger partial charge < -0.3 is 4.74 Å². The molecule has 0 amide bonds. The SMILES string of the molecule is COC(=O)C1CN(S(=O)(=O)c2ccc(Br)c(C(C)C)c2)Cc2ccccc21. The van der Waals surface area contributed by atoms with E-state index in [0.717, 1.165) is 21.2 Å². The highest BCUT2D eigenvalue weighted by Gasteiger charge is 2.37. The molecular weight excluding hydrogens is 430 g/mol. The van der Waals surface area contributed by atoms with Crippen molar-refractivity contribution in [1.29, 1.82) is 0 Å². The summed E-state index contributed by atoms with van der Waals surface area (Å²) in [5.41, 5.74) is 2.58. The van der Waals surface area contributed by atoms with Gasteiger partial charge in [0.2, 0.25) is 10.0 Å². The minimum Gasteiger partial charge on any atom is -0.469 e. The Balaban J connectivity index is 2.03. The number of hydrogen-bond acceptors (Lipinski definition) is 4. The number of methoxy groups -OCH3 is 1. The molecule has 5 nitrogen and oxygen atoms in total. The van der Waals surface area contributed by atoms with Gasteiger partial charge in [0.1, 0.15) is 0 Å². The van der Waals surface area contributed by atoms with E-state index in [2.05, 4.69) is 15.9 Å². The maximum absolute atomic E-state index is 13.3. The molecule has 2 aromatic carbocycles. The number of hydrogen-bond donors (Lipinski definition) is 0. The maximum Gasteiger partial charge on any atom is 0.314 e. The highest BCUT2D eigenvalue weighted by Crippen LogP contribution is 2.34. The molecule has 0 aromatic heterocycles. The van der Waals surface area contributed by atoms with Crippen molar-refractivity contribution >= 4 is 31.9 Å². The van der Waals surface area contributed by atoms with Crippen LogP contribution in [-0.4, -0.2) is 32.3 Å². The molecule has 0 aliphatic carbocycles. The van der Waals surface area contributed by atoms with Gasteiger partial charge in [-0.1, -0.05) is 54.0 Å². The van der Waals surface area contributed by atoms with Crippen molar-refractivity contribution in [2.24, 2.45) is 0 Å². The first kappa shape index (κ1) is 20.0. The van der Waals surface area contributed by atoms with Gasteiger partial charge in [-0.05, 0) is 40.8 Å². The molecule has 1 aliphatic heterocycles. The molecule has 0 N–H and O–H groups in total. The molecule has 0 saturated heterocycles. The number of halogens is 1. The summed E-state index contributed by atoms with van der Waals surface area (Å²) < 4.78 is 33.8. The zero-order valence-electron chi connectivity index (χ0n) is 15.5. The Kier molecular flexibility index (Phi) is 5.74. The van der Waals surface area contributed by atoms with Gasteiger partial charge in [-0.25, -0.2) is 8.42 Å². The van der Waals surface area contributed by atoms with Gasteiger partial charge in [-0.15, -0.1) is 0 Å². The Morgan fingerprint density at radius 1 is 1.22 bits per heavy atom. The number of benzene rings is 2. The average Bonchev–Trinajstić information content (AvgIpc) is 2.66. The van der Waals surface area contributed by atoms with E-state index >= 15 is 0 Å². The standard InChI is InChI=1S/C20H22BrNO4S/c1-13(2)17-10-15(8-9-19(17)21)27(24,25)22-11-14-6-4-5-7-16(14)18(12-22)20(23)26-3/h4-10,13,18H,11-12H2,1-3H3. The second kappa shape index (κ2) is 7.73. The van der Waals surface area contributed by atoms with Crippen molar-refractivity contribution in [3.8, 4) is 0 Å². The lowest BCUT2D eigenvalue weighted by atomic mass is 9.91. The molecule has 2 aromatic rings. The van der Waals surface area contributed by atoms with Gasteiger partial charge >= 0.3 is 5.97 Å². The summed E-state index contributed by atoms with van der Waals surface area (Å²) in [4.78, 5) is 12.5. The molecular formula is C20H22BrNO4S. The molecule has 144 valence electrons. The maximum atomic E-state index is 13.3. The monoisotopic (exact) mass is 451 g/mol. The number of sulfonamides is 1. The van der Waals surface area contributed by atoms with E-state index in [-0.39, 0.29) is 23.9 Å². The Morgan fingerprint density at radius 3 is 2.59 bits per heavy atom. The van der Waals surface area contributed by atoms with Crippen LogP contribution in [0, 0.1) is 0 Å². The Hall–Kier alpha value is -1.70. The molecule has 0 radical (unpaired) electrons. The third-order valence-corrected chi connectivity index (χ3v) is 7.41. The first-order valence-electron chi connectivity index (χ1n) is 8.71. The molecule has 27 heavy (non-hydrogen) atoms. The molecule has 7 heteroatoms. The number of esters is 1. The summed E-state index contributed by atoms with van der Waals surface area (Å²) in [5, 5.41) is 0. The number of carbonyl (C=O) groups is 1. The fourth-order valence-corrected chi connectivity index (χ4v) is 5.55. The molecule has 3 rings (SSSR count). The summed E-state index contributed by atoms with van der Waals surface area (Å²) in [7, 11) is -2.43. The smallest absolute Gasteiger partial charge is 0.314 e. The second-order valence-corrected chi connectivity index (χ2v) is 9.70. The minimum atomic E-state index is -3.75. The molecule has 1 atom stereocenters. The highest BCUT2D eigenvalue weighted by atomic mass is 79.9. The van der Waals surface area contributed by atoms with Gasteiger partial charge in [0.05, 0.1) is 17.9 Å². The zero-order chi connectivity index (χ0) is 19.8. The summed E-state index contributed by atoms with van der Waals surface area (Å²) in [6, 6.07) is 12.5. The van der Waals surface area contributed by atoms with E-state index in [1.54, 1.807) is 18.2 Å². The summed E-state index contributed by atoms with van der Waals surface area (Å²) in [5.74, 6) is -0.879.